The molecule has 26 heavy (non-hydrogen) atoms. The summed E-state index contributed by atoms with van der Waals surface area (Å²) >= 11 is 0. The summed E-state index contributed by atoms with van der Waals surface area (Å²) in [5, 5.41) is 0.730. The smallest absolute Gasteiger partial charge is 0.218 e. The minimum Gasteiger partial charge on any atom is -0.493 e. The second kappa shape index (κ2) is 8.87. The Balaban J connectivity index is 2.41. The summed E-state index contributed by atoms with van der Waals surface area (Å²) in [6.45, 7) is 0.526. The van der Waals surface area contributed by atoms with Crippen molar-refractivity contribution in [1.82, 2.24) is 9.79 Å². The maximum atomic E-state index is 12.7. The highest BCUT2D eigenvalue weighted by Crippen LogP contribution is 2.43. The molecule has 0 aromatic heterocycles. The van der Waals surface area contributed by atoms with Crippen LogP contribution in [0.15, 0.2) is 12.1 Å². The Morgan fingerprint density at radius 2 is 1.77 bits per heavy atom. The van der Waals surface area contributed by atoms with E-state index in [1.807, 2.05) is 0 Å². The summed E-state index contributed by atoms with van der Waals surface area (Å²) in [4.78, 5) is 5.50. The maximum absolute atomic E-state index is 12.7. The Labute approximate surface area is 154 Å². The number of benzene rings is 1. The molecule has 0 saturated carbocycles. The molecule has 2 atom stereocenters. The van der Waals surface area contributed by atoms with E-state index >= 15 is 0 Å². The molecule has 1 N–H and O–H groups in total. The van der Waals surface area contributed by atoms with E-state index in [9.17, 15) is 8.42 Å². The maximum Gasteiger partial charge on any atom is 0.218 e. The first-order chi connectivity index (χ1) is 12.4. The van der Waals surface area contributed by atoms with E-state index in [2.05, 4.69) is 4.72 Å². The quantitative estimate of drug-likeness (QED) is 0.612. The molecule has 1 aromatic rings. The van der Waals surface area contributed by atoms with Gasteiger partial charge in [0.15, 0.2) is 11.5 Å². The Hall–Kier alpha value is -1.59. The number of rotatable bonds is 9. The first-order valence-electron chi connectivity index (χ1n) is 8.02. The van der Waals surface area contributed by atoms with E-state index in [1.165, 1.54) is 33.5 Å². The molecular weight excluding hydrogens is 364 g/mol. The fourth-order valence-corrected chi connectivity index (χ4v) is 4.44. The van der Waals surface area contributed by atoms with E-state index in [-0.39, 0.29) is 19.8 Å². The van der Waals surface area contributed by atoms with Crippen LogP contribution in [0, 0.1) is 0 Å². The largest absolute Gasteiger partial charge is 0.493 e. The van der Waals surface area contributed by atoms with Gasteiger partial charge in [-0.25, -0.2) is 13.1 Å². The summed E-state index contributed by atoms with van der Waals surface area (Å²) < 4.78 is 48.9. The third kappa shape index (κ3) is 4.21. The van der Waals surface area contributed by atoms with Gasteiger partial charge in [0, 0.05) is 20.7 Å². The zero-order chi connectivity index (χ0) is 19.3. The monoisotopic (exact) mass is 390 g/mol. The zero-order valence-corrected chi connectivity index (χ0v) is 16.5. The molecular formula is C16H26N2O7S. The van der Waals surface area contributed by atoms with Crippen molar-refractivity contribution < 1.29 is 32.2 Å². The molecule has 0 aliphatic carbocycles. The van der Waals surface area contributed by atoms with Gasteiger partial charge >= 0.3 is 0 Å². The average Bonchev–Trinajstić information content (AvgIpc) is 3.02. The van der Waals surface area contributed by atoms with Crippen molar-refractivity contribution in [3.05, 3.63) is 17.7 Å². The van der Waals surface area contributed by atoms with Gasteiger partial charge in [0.25, 0.3) is 0 Å². The molecule has 0 amide bonds. The molecule has 148 valence electrons. The minimum absolute atomic E-state index is 0.0418. The van der Waals surface area contributed by atoms with Crippen LogP contribution < -0.4 is 18.9 Å². The molecule has 9 nitrogen and oxygen atoms in total. The third-order valence-corrected chi connectivity index (χ3v) is 6.02. The Bertz CT molecular complexity index is 686. The summed E-state index contributed by atoms with van der Waals surface area (Å²) in [5.74, 6) is 1.34. The number of hydroxylamine groups is 2. The molecule has 1 heterocycles. The van der Waals surface area contributed by atoms with Gasteiger partial charge in [-0.3, -0.25) is 4.84 Å². The number of hydrogen-bond donors (Lipinski definition) is 1. The molecule has 0 radical (unpaired) electrons. The average molecular weight is 390 g/mol. The summed E-state index contributed by atoms with van der Waals surface area (Å²) in [6.07, 6.45) is 0. The van der Waals surface area contributed by atoms with Gasteiger partial charge in [-0.1, -0.05) is 0 Å². The second-order valence-corrected chi connectivity index (χ2v) is 7.70. The summed E-state index contributed by atoms with van der Waals surface area (Å²) in [5.41, 5.74) is 0.682. The SMILES string of the molecule is COCCNS(=O)(=O)[C@H]1CON(C)[C@H]1c1cc(OC)c(OC)c(OC)c1. The second-order valence-electron chi connectivity index (χ2n) is 5.72. The van der Waals surface area contributed by atoms with Crippen molar-refractivity contribution >= 4 is 10.0 Å². The van der Waals surface area contributed by atoms with E-state index < -0.39 is 21.3 Å². The van der Waals surface area contributed by atoms with Gasteiger partial charge in [-0.2, -0.15) is 5.06 Å². The van der Waals surface area contributed by atoms with E-state index in [0.717, 1.165) is 0 Å². The van der Waals surface area contributed by atoms with Crippen LogP contribution in [0.5, 0.6) is 17.2 Å². The molecule has 1 aliphatic heterocycles. The lowest BCUT2D eigenvalue weighted by Crippen LogP contribution is -2.40. The van der Waals surface area contributed by atoms with Gasteiger partial charge in [-0.05, 0) is 17.7 Å². The van der Waals surface area contributed by atoms with Gasteiger partial charge in [0.1, 0.15) is 5.25 Å². The lowest BCUT2D eigenvalue weighted by Gasteiger charge is -2.24. The third-order valence-electron chi connectivity index (χ3n) is 4.22. The van der Waals surface area contributed by atoms with Gasteiger partial charge in [0.05, 0.1) is 40.6 Å². The number of ether oxygens (including phenoxy) is 4. The van der Waals surface area contributed by atoms with Crippen molar-refractivity contribution in [2.75, 3.05) is 55.2 Å². The molecule has 10 heteroatoms. The molecule has 0 unspecified atom stereocenters. The lowest BCUT2D eigenvalue weighted by atomic mass is 10.0. The van der Waals surface area contributed by atoms with Crippen molar-refractivity contribution in [3.8, 4) is 17.2 Å². The molecule has 0 bridgehead atoms. The number of sulfonamides is 1. The van der Waals surface area contributed by atoms with E-state index in [0.29, 0.717) is 22.8 Å². The highest BCUT2D eigenvalue weighted by molar-refractivity contribution is 7.90. The Morgan fingerprint density at radius 1 is 1.15 bits per heavy atom. The van der Waals surface area contributed by atoms with Gasteiger partial charge < -0.3 is 18.9 Å². The predicted octanol–water partition coefficient (Wildman–Crippen LogP) is 0.565. The first kappa shape index (κ1) is 20.7. The molecule has 1 fully saturated rings. The van der Waals surface area contributed by atoms with Crippen molar-refractivity contribution in [3.63, 3.8) is 0 Å². The van der Waals surface area contributed by atoms with Crippen molar-refractivity contribution in [1.29, 1.82) is 0 Å². The molecule has 0 spiro atoms. The number of nitrogens with zero attached hydrogens (tertiary/aromatic N) is 1. The highest BCUT2D eigenvalue weighted by Gasteiger charge is 2.43. The van der Waals surface area contributed by atoms with E-state index in [1.54, 1.807) is 19.2 Å². The normalized spacial score (nSPS) is 21.0. The van der Waals surface area contributed by atoms with Crippen LogP contribution in [0.4, 0.5) is 0 Å². The fraction of sp³-hybridized carbons (Fsp3) is 0.625. The topological polar surface area (TPSA) is 95.6 Å². The standard InChI is InChI=1S/C16H26N2O7S/c1-18-15(14(10-25-18)26(19,20)17-6-7-21-2)11-8-12(22-3)16(24-5)13(9-11)23-4/h8-9,14-15,17H,6-7,10H2,1-5H3/t14-,15-/m0/s1. The summed E-state index contributed by atoms with van der Waals surface area (Å²) in [6, 6.07) is 2.92. The van der Waals surface area contributed by atoms with Crippen LogP contribution in [0.25, 0.3) is 0 Å². The van der Waals surface area contributed by atoms with Crippen LogP contribution in [-0.4, -0.2) is 74.0 Å². The molecule has 1 aromatic carbocycles. The Morgan fingerprint density at radius 3 is 2.27 bits per heavy atom. The molecule has 2 rings (SSSR count). The number of hydrogen-bond acceptors (Lipinski definition) is 8. The minimum atomic E-state index is -3.63. The number of methoxy groups -OCH3 is 4. The van der Waals surface area contributed by atoms with Crippen LogP contribution in [0.1, 0.15) is 11.6 Å². The highest BCUT2D eigenvalue weighted by atomic mass is 32.2. The lowest BCUT2D eigenvalue weighted by molar-refractivity contribution is -0.110. The summed E-state index contributed by atoms with van der Waals surface area (Å²) in [7, 11) is 4.11. The van der Waals surface area contributed by atoms with Crippen LogP contribution in [0.3, 0.4) is 0 Å². The van der Waals surface area contributed by atoms with Gasteiger partial charge in [-0.15, -0.1) is 0 Å². The van der Waals surface area contributed by atoms with Gasteiger partial charge in [0.2, 0.25) is 15.8 Å². The first-order valence-corrected chi connectivity index (χ1v) is 9.57. The van der Waals surface area contributed by atoms with Crippen LogP contribution in [-0.2, 0) is 19.6 Å². The van der Waals surface area contributed by atoms with Crippen LogP contribution in [0.2, 0.25) is 0 Å². The van der Waals surface area contributed by atoms with Crippen molar-refractivity contribution in [2.45, 2.75) is 11.3 Å². The van der Waals surface area contributed by atoms with E-state index in [4.69, 9.17) is 23.8 Å². The number of nitrogens with one attached hydrogen (secondary N) is 1. The van der Waals surface area contributed by atoms with Crippen LogP contribution >= 0.6 is 0 Å². The predicted molar refractivity (Wildman–Crippen MR) is 95.1 cm³/mol. The molecule has 1 aliphatic rings. The fourth-order valence-electron chi connectivity index (χ4n) is 2.95. The van der Waals surface area contributed by atoms with Crippen molar-refractivity contribution in [2.24, 2.45) is 0 Å². The Kier molecular flexibility index (Phi) is 7.07. The zero-order valence-electron chi connectivity index (χ0n) is 15.6. The molecule has 1 saturated heterocycles.